The molecule has 20 heavy (non-hydrogen) atoms. The first-order valence-corrected chi connectivity index (χ1v) is 8.66. The Hall–Kier alpha value is -0.820. The quantitative estimate of drug-likeness (QED) is 0.773. The molecule has 0 spiro atoms. The molecule has 0 aliphatic heterocycles. The van der Waals surface area contributed by atoms with Gasteiger partial charge < -0.3 is 5.32 Å². The lowest BCUT2D eigenvalue weighted by Crippen LogP contribution is -2.32. The molecule has 2 aliphatic carbocycles. The highest BCUT2D eigenvalue weighted by atomic mass is 14.9. The van der Waals surface area contributed by atoms with E-state index in [4.69, 9.17) is 0 Å². The first-order valence-electron chi connectivity index (χ1n) is 8.66. The molecule has 0 heterocycles. The fraction of sp³-hybridized carbons (Fsp3) is 0.684. The number of rotatable bonds is 3. The zero-order chi connectivity index (χ0) is 13.8. The fourth-order valence-corrected chi connectivity index (χ4v) is 4.12. The van der Waals surface area contributed by atoms with Gasteiger partial charge in [0.25, 0.3) is 0 Å². The fourth-order valence-electron chi connectivity index (χ4n) is 4.12. The highest BCUT2D eigenvalue weighted by molar-refractivity contribution is 5.31. The molecule has 1 nitrogen and oxygen atoms in total. The first kappa shape index (κ1) is 14.1. The summed E-state index contributed by atoms with van der Waals surface area (Å²) < 4.78 is 0. The van der Waals surface area contributed by atoms with Crippen LogP contribution in [0, 0.1) is 11.8 Å². The molecule has 1 aromatic rings. The molecule has 0 bridgehead atoms. The van der Waals surface area contributed by atoms with Crippen molar-refractivity contribution in [2.24, 2.45) is 11.8 Å². The van der Waals surface area contributed by atoms with Crippen LogP contribution in [0.4, 0.5) is 0 Å². The van der Waals surface area contributed by atoms with Crippen molar-refractivity contribution in [3.05, 3.63) is 35.4 Å². The lowest BCUT2D eigenvalue weighted by molar-refractivity contribution is 0.239. The number of fused-ring (bicyclic) bond motifs is 1. The summed E-state index contributed by atoms with van der Waals surface area (Å²) in [6.45, 7) is 3.67. The van der Waals surface area contributed by atoms with Crippen LogP contribution in [0.2, 0.25) is 0 Å². The third kappa shape index (κ3) is 3.25. The topological polar surface area (TPSA) is 12.0 Å². The van der Waals surface area contributed by atoms with Crippen molar-refractivity contribution in [3.8, 4) is 0 Å². The van der Waals surface area contributed by atoms with Gasteiger partial charge in [0.2, 0.25) is 0 Å². The largest absolute Gasteiger partial charge is 0.310 e. The van der Waals surface area contributed by atoms with E-state index in [1.807, 2.05) is 0 Å². The molecule has 3 atom stereocenters. The van der Waals surface area contributed by atoms with Gasteiger partial charge in [-0.2, -0.15) is 0 Å². The Labute approximate surface area is 124 Å². The van der Waals surface area contributed by atoms with Crippen LogP contribution in [0.1, 0.15) is 69.0 Å². The van der Waals surface area contributed by atoms with Crippen LogP contribution in [0.25, 0.3) is 0 Å². The minimum atomic E-state index is 0.600. The lowest BCUT2D eigenvalue weighted by Gasteiger charge is -2.31. The van der Waals surface area contributed by atoms with E-state index in [1.165, 1.54) is 57.9 Å². The first-order chi connectivity index (χ1) is 9.84. The van der Waals surface area contributed by atoms with E-state index in [0.29, 0.717) is 6.04 Å². The molecule has 1 N–H and O–H groups in total. The van der Waals surface area contributed by atoms with Crippen molar-refractivity contribution < 1.29 is 0 Å². The molecule has 1 saturated carbocycles. The summed E-state index contributed by atoms with van der Waals surface area (Å²) in [7, 11) is 0. The molecule has 3 unspecified atom stereocenters. The zero-order valence-corrected chi connectivity index (χ0v) is 12.9. The summed E-state index contributed by atoms with van der Waals surface area (Å²) in [5.74, 6) is 1.82. The van der Waals surface area contributed by atoms with E-state index in [9.17, 15) is 0 Å². The van der Waals surface area contributed by atoms with E-state index in [1.54, 1.807) is 11.1 Å². The van der Waals surface area contributed by atoms with Gasteiger partial charge in [-0.05, 0) is 55.2 Å². The van der Waals surface area contributed by atoms with Crippen LogP contribution in [0.5, 0.6) is 0 Å². The Morgan fingerprint density at radius 2 is 1.80 bits per heavy atom. The van der Waals surface area contributed by atoms with Crippen LogP contribution < -0.4 is 5.32 Å². The van der Waals surface area contributed by atoms with Gasteiger partial charge in [-0.15, -0.1) is 0 Å². The van der Waals surface area contributed by atoms with E-state index in [-0.39, 0.29) is 0 Å². The van der Waals surface area contributed by atoms with E-state index >= 15 is 0 Å². The number of aryl methyl sites for hydroxylation is 1. The summed E-state index contributed by atoms with van der Waals surface area (Å²) in [5, 5.41) is 3.92. The van der Waals surface area contributed by atoms with Gasteiger partial charge >= 0.3 is 0 Å². The monoisotopic (exact) mass is 271 g/mol. The van der Waals surface area contributed by atoms with Crippen LogP contribution in [-0.2, 0) is 6.42 Å². The summed E-state index contributed by atoms with van der Waals surface area (Å²) >= 11 is 0. The molecule has 0 aromatic heterocycles. The number of nitrogens with one attached hydrogen (secondary N) is 1. The number of hydrogen-bond acceptors (Lipinski definition) is 1. The van der Waals surface area contributed by atoms with Gasteiger partial charge in [-0.1, -0.05) is 56.9 Å². The Bertz CT molecular complexity index is 426. The molecule has 0 amide bonds. The van der Waals surface area contributed by atoms with E-state index in [0.717, 1.165) is 11.8 Å². The summed E-state index contributed by atoms with van der Waals surface area (Å²) in [6, 6.07) is 9.69. The number of benzene rings is 1. The Morgan fingerprint density at radius 1 is 1.00 bits per heavy atom. The highest BCUT2D eigenvalue weighted by Gasteiger charge is 2.23. The molecular formula is C19H29N. The van der Waals surface area contributed by atoms with Gasteiger partial charge in [0.15, 0.2) is 0 Å². The maximum absolute atomic E-state index is 3.92. The van der Waals surface area contributed by atoms with Gasteiger partial charge in [0, 0.05) is 6.04 Å². The normalized spacial score (nSPS) is 30.6. The molecule has 110 valence electrons. The second-order valence-electron chi connectivity index (χ2n) is 6.93. The summed E-state index contributed by atoms with van der Waals surface area (Å²) in [5.41, 5.74) is 3.16. The maximum atomic E-state index is 3.92. The summed E-state index contributed by atoms with van der Waals surface area (Å²) in [4.78, 5) is 0. The second kappa shape index (κ2) is 6.76. The summed E-state index contributed by atoms with van der Waals surface area (Å²) in [6.07, 6.45) is 11.1. The molecule has 1 fully saturated rings. The minimum Gasteiger partial charge on any atom is -0.310 e. The van der Waals surface area contributed by atoms with E-state index < -0.39 is 0 Å². The molecule has 0 radical (unpaired) electrons. The van der Waals surface area contributed by atoms with Crippen LogP contribution >= 0.6 is 0 Å². The smallest absolute Gasteiger partial charge is 0.0323 e. The molecule has 2 aliphatic rings. The van der Waals surface area contributed by atoms with Crippen LogP contribution in [0.3, 0.4) is 0 Å². The number of hydrogen-bond donors (Lipinski definition) is 1. The van der Waals surface area contributed by atoms with E-state index in [2.05, 4.69) is 36.5 Å². The Balaban J connectivity index is 1.64. The van der Waals surface area contributed by atoms with Crippen molar-refractivity contribution in [2.45, 2.75) is 64.3 Å². The SMILES string of the molecule is CC1CCCCC1CNC1CCCCc2ccccc21. The van der Waals surface area contributed by atoms with Gasteiger partial charge in [-0.25, -0.2) is 0 Å². The minimum absolute atomic E-state index is 0.600. The zero-order valence-electron chi connectivity index (χ0n) is 12.9. The average molecular weight is 271 g/mol. The molecule has 1 aromatic carbocycles. The van der Waals surface area contributed by atoms with Crippen LogP contribution in [-0.4, -0.2) is 6.54 Å². The van der Waals surface area contributed by atoms with Crippen molar-refractivity contribution in [1.29, 1.82) is 0 Å². The molecular weight excluding hydrogens is 242 g/mol. The van der Waals surface area contributed by atoms with Crippen molar-refractivity contribution in [2.75, 3.05) is 6.54 Å². The molecule has 3 rings (SSSR count). The average Bonchev–Trinajstić information content (AvgIpc) is 2.69. The van der Waals surface area contributed by atoms with Gasteiger partial charge in [0.1, 0.15) is 0 Å². The third-order valence-corrected chi connectivity index (χ3v) is 5.53. The van der Waals surface area contributed by atoms with Gasteiger partial charge in [-0.3, -0.25) is 0 Å². The Morgan fingerprint density at radius 3 is 2.70 bits per heavy atom. The Kier molecular flexibility index (Phi) is 4.77. The van der Waals surface area contributed by atoms with Crippen molar-refractivity contribution >= 4 is 0 Å². The maximum Gasteiger partial charge on any atom is 0.0323 e. The lowest BCUT2D eigenvalue weighted by atomic mass is 9.80. The molecule has 1 heteroatoms. The predicted octanol–water partition coefficient (Wildman–Crippen LogP) is 4.87. The third-order valence-electron chi connectivity index (χ3n) is 5.53. The van der Waals surface area contributed by atoms with Crippen molar-refractivity contribution in [3.63, 3.8) is 0 Å². The van der Waals surface area contributed by atoms with Crippen LogP contribution in [0.15, 0.2) is 24.3 Å². The predicted molar refractivity (Wildman–Crippen MR) is 85.9 cm³/mol. The highest BCUT2D eigenvalue weighted by Crippen LogP contribution is 2.32. The van der Waals surface area contributed by atoms with Gasteiger partial charge in [0.05, 0.1) is 0 Å². The molecule has 0 saturated heterocycles. The standard InChI is InChI=1S/C19H29N/c1-15-8-2-3-11-17(15)14-20-19-13-7-5-10-16-9-4-6-12-18(16)19/h4,6,9,12,15,17,19-20H,2-3,5,7-8,10-11,13-14H2,1H3. The second-order valence-corrected chi connectivity index (χ2v) is 6.93. The van der Waals surface area contributed by atoms with Crippen molar-refractivity contribution in [1.82, 2.24) is 5.32 Å².